The monoisotopic (exact) mass is 778 g/mol. The second kappa shape index (κ2) is 23.7. The molecule has 8 heteroatoms. The van der Waals surface area contributed by atoms with Crippen molar-refractivity contribution in [2.75, 3.05) is 65.4 Å². The molecule has 2 amide bonds. The number of benzene rings is 2. The molecule has 0 atom stereocenters. The van der Waals surface area contributed by atoms with Gasteiger partial charge in [0.2, 0.25) is 11.8 Å². The maximum Gasteiger partial charge on any atom is 0.246 e. The zero-order chi connectivity index (χ0) is 37.4. The summed E-state index contributed by atoms with van der Waals surface area (Å²) >= 11 is 0. The van der Waals surface area contributed by atoms with Gasteiger partial charge in [-0.3, -0.25) is 19.4 Å². The molecular formula is C46H68Cl2N4O2. The molecule has 0 aromatic heterocycles. The zero-order valence-electron chi connectivity index (χ0n) is 34.0. The van der Waals surface area contributed by atoms with Crippen LogP contribution in [-0.2, 0) is 20.4 Å². The molecule has 0 aliphatic carbocycles. The summed E-state index contributed by atoms with van der Waals surface area (Å²) < 4.78 is 0. The van der Waals surface area contributed by atoms with E-state index in [1.807, 2.05) is 34.1 Å². The summed E-state index contributed by atoms with van der Waals surface area (Å²) in [5.74, 6) is 0.218. The maximum absolute atomic E-state index is 12.7. The Morgan fingerprint density at radius 1 is 0.481 bits per heavy atom. The lowest BCUT2D eigenvalue weighted by Gasteiger charge is -2.34. The number of amides is 2. The van der Waals surface area contributed by atoms with Crippen molar-refractivity contribution in [3.05, 3.63) is 107 Å². The first-order chi connectivity index (χ1) is 24.9. The van der Waals surface area contributed by atoms with Gasteiger partial charge in [0, 0.05) is 64.5 Å². The molecule has 2 aromatic carbocycles. The summed E-state index contributed by atoms with van der Waals surface area (Å²) in [6, 6.07) is 17.3. The van der Waals surface area contributed by atoms with E-state index in [1.165, 1.54) is 49.7 Å². The average Bonchev–Trinajstić information content (AvgIpc) is 3.13. The minimum absolute atomic E-state index is 0. The van der Waals surface area contributed by atoms with E-state index in [-0.39, 0.29) is 47.5 Å². The van der Waals surface area contributed by atoms with Gasteiger partial charge in [-0.25, -0.2) is 0 Å². The lowest BCUT2D eigenvalue weighted by atomic mass is 9.87. The fraction of sp³-hybridized carbons (Fsp3) is 0.522. The Morgan fingerprint density at radius 3 is 1.11 bits per heavy atom. The Balaban J connectivity index is 0.00000504. The van der Waals surface area contributed by atoms with E-state index in [0.717, 1.165) is 76.6 Å². The average molecular weight is 780 g/mol. The molecule has 0 spiro atoms. The molecule has 4 rings (SSSR count). The predicted molar refractivity (Wildman–Crippen MR) is 235 cm³/mol. The van der Waals surface area contributed by atoms with Gasteiger partial charge in [-0.2, -0.15) is 0 Å². The smallest absolute Gasteiger partial charge is 0.246 e. The second-order valence-electron chi connectivity index (χ2n) is 16.6. The van der Waals surface area contributed by atoms with E-state index in [4.69, 9.17) is 0 Å². The Morgan fingerprint density at radius 2 is 0.796 bits per heavy atom. The third kappa shape index (κ3) is 16.7. The number of carbonyl (C=O) groups excluding carboxylic acids is 2. The summed E-state index contributed by atoms with van der Waals surface area (Å²) in [5, 5.41) is 0. The molecule has 0 N–H and O–H groups in total. The fourth-order valence-electron chi connectivity index (χ4n) is 6.77. The number of rotatable bonds is 15. The van der Waals surface area contributed by atoms with E-state index in [9.17, 15) is 9.59 Å². The quantitative estimate of drug-likeness (QED) is 0.103. The Bertz CT molecular complexity index is 1390. The first kappa shape index (κ1) is 47.0. The van der Waals surface area contributed by atoms with Crippen LogP contribution in [0.15, 0.2) is 85.0 Å². The lowest BCUT2D eigenvalue weighted by Crippen LogP contribution is -2.48. The Labute approximate surface area is 340 Å². The van der Waals surface area contributed by atoms with Gasteiger partial charge in [-0.1, -0.05) is 152 Å². The SMILES string of the molecule is CC(C)(C)c1ccc(C=CC=CC(=O)N2CCN(CCCCCCCCN3CCN(C(=O)C=CC=Cc4ccc(C(C)(C)C)cc4)CC3)CC2)cc1.Cl.Cl. The van der Waals surface area contributed by atoms with Crippen LogP contribution in [0.4, 0.5) is 0 Å². The molecule has 0 radical (unpaired) electrons. The van der Waals surface area contributed by atoms with Crippen molar-refractivity contribution < 1.29 is 9.59 Å². The van der Waals surface area contributed by atoms with Gasteiger partial charge in [0.25, 0.3) is 0 Å². The van der Waals surface area contributed by atoms with Gasteiger partial charge >= 0.3 is 0 Å². The number of halogens is 2. The van der Waals surface area contributed by atoms with Gasteiger partial charge in [0.1, 0.15) is 0 Å². The predicted octanol–water partition coefficient (Wildman–Crippen LogP) is 9.59. The summed E-state index contributed by atoms with van der Waals surface area (Å²) in [6.45, 7) is 22.7. The first-order valence-electron chi connectivity index (χ1n) is 19.8. The number of carbonyl (C=O) groups is 2. The molecule has 0 unspecified atom stereocenters. The van der Waals surface area contributed by atoms with Crippen LogP contribution in [0.5, 0.6) is 0 Å². The first-order valence-corrected chi connectivity index (χ1v) is 19.8. The molecule has 2 aromatic rings. The maximum atomic E-state index is 12.7. The Kier molecular flexibility index (Phi) is 20.6. The van der Waals surface area contributed by atoms with Crippen molar-refractivity contribution in [1.82, 2.24) is 19.6 Å². The van der Waals surface area contributed by atoms with Gasteiger partial charge in [-0.05, 0) is 59.0 Å². The molecule has 2 fully saturated rings. The van der Waals surface area contributed by atoms with Crippen molar-refractivity contribution >= 4 is 48.8 Å². The number of nitrogens with zero attached hydrogens (tertiary/aromatic N) is 4. The number of hydrogen-bond acceptors (Lipinski definition) is 4. The van der Waals surface area contributed by atoms with Crippen molar-refractivity contribution in [2.45, 2.75) is 90.9 Å². The van der Waals surface area contributed by atoms with Crippen molar-refractivity contribution in [3.63, 3.8) is 0 Å². The Hall–Kier alpha value is -3.16. The molecule has 2 aliphatic heterocycles. The van der Waals surface area contributed by atoms with Gasteiger partial charge in [-0.15, -0.1) is 24.8 Å². The van der Waals surface area contributed by atoms with Crippen molar-refractivity contribution in [2.24, 2.45) is 0 Å². The van der Waals surface area contributed by atoms with Crippen molar-refractivity contribution in [1.29, 1.82) is 0 Å². The number of hydrogen-bond donors (Lipinski definition) is 0. The molecule has 54 heavy (non-hydrogen) atoms. The summed E-state index contributed by atoms with van der Waals surface area (Å²) in [4.78, 5) is 34.3. The number of unbranched alkanes of at least 4 members (excludes halogenated alkanes) is 5. The highest BCUT2D eigenvalue weighted by molar-refractivity contribution is 5.88. The highest BCUT2D eigenvalue weighted by atomic mass is 35.5. The molecule has 6 nitrogen and oxygen atoms in total. The lowest BCUT2D eigenvalue weighted by molar-refractivity contribution is -0.128. The van der Waals surface area contributed by atoms with Gasteiger partial charge in [0.05, 0.1) is 0 Å². The third-order valence-corrected chi connectivity index (χ3v) is 10.4. The normalized spacial score (nSPS) is 16.4. The van der Waals surface area contributed by atoms with E-state index in [2.05, 4.69) is 112 Å². The van der Waals surface area contributed by atoms with E-state index in [0.29, 0.717) is 0 Å². The highest BCUT2D eigenvalue weighted by Crippen LogP contribution is 2.23. The molecule has 298 valence electrons. The second-order valence-corrected chi connectivity index (χ2v) is 16.6. The van der Waals surface area contributed by atoms with Crippen LogP contribution in [0, 0.1) is 0 Å². The molecule has 2 saturated heterocycles. The number of piperazine rings is 2. The summed E-state index contributed by atoms with van der Waals surface area (Å²) in [6.07, 6.45) is 22.8. The largest absolute Gasteiger partial charge is 0.337 e. The van der Waals surface area contributed by atoms with E-state index < -0.39 is 0 Å². The van der Waals surface area contributed by atoms with Crippen LogP contribution in [-0.4, -0.2) is 96.9 Å². The molecular weight excluding hydrogens is 711 g/mol. The van der Waals surface area contributed by atoms with E-state index >= 15 is 0 Å². The van der Waals surface area contributed by atoms with Crippen molar-refractivity contribution in [3.8, 4) is 0 Å². The zero-order valence-corrected chi connectivity index (χ0v) is 35.6. The number of allylic oxidation sites excluding steroid dienone is 4. The van der Waals surface area contributed by atoms with Gasteiger partial charge in [0.15, 0.2) is 0 Å². The standard InChI is InChI=1S/C46H66N4O2.2ClH/c1-45(2,3)41-25-21-39(22-26-41)17-11-13-19-43(51)49-35-31-47(32-36-49)29-15-9-7-8-10-16-30-48-33-37-50(38-34-48)44(52)20-14-12-18-40-23-27-42(28-24-40)46(4,5)6;;/h11-14,17-28H,7-10,15-16,29-38H2,1-6H3;2*1H. The minimum Gasteiger partial charge on any atom is -0.337 e. The van der Waals surface area contributed by atoms with Gasteiger partial charge < -0.3 is 9.80 Å². The topological polar surface area (TPSA) is 47.1 Å². The van der Waals surface area contributed by atoms with Crippen LogP contribution in [0.3, 0.4) is 0 Å². The third-order valence-electron chi connectivity index (χ3n) is 10.4. The summed E-state index contributed by atoms with van der Waals surface area (Å²) in [5.41, 5.74) is 5.25. The van der Waals surface area contributed by atoms with E-state index in [1.54, 1.807) is 12.2 Å². The fourth-order valence-corrected chi connectivity index (χ4v) is 6.77. The molecule has 0 bridgehead atoms. The molecule has 2 heterocycles. The molecule has 2 aliphatic rings. The molecule has 0 saturated carbocycles. The summed E-state index contributed by atoms with van der Waals surface area (Å²) in [7, 11) is 0. The van der Waals surface area contributed by atoms with Crippen LogP contribution >= 0.6 is 24.8 Å². The van der Waals surface area contributed by atoms with Crippen LogP contribution in [0.2, 0.25) is 0 Å². The highest BCUT2D eigenvalue weighted by Gasteiger charge is 2.20. The minimum atomic E-state index is 0. The van der Waals surface area contributed by atoms with Crippen LogP contribution < -0.4 is 0 Å². The van der Waals surface area contributed by atoms with Crippen LogP contribution in [0.1, 0.15) is 102 Å². The van der Waals surface area contributed by atoms with Crippen LogP contribution in [0.25, 0.3) is 12.2 Å².